The van der Waals surface area contributed by atoms with E-state index in [0.717, 1.165) is 21.1 Å². The van der Waals surface area contributed by atoms with E-state index in [0.29, 0.717) is 0 Å². The van der Waals surface area contributed by atoms with Crippen molar-refractivity contribution < 1.29 is 0 Å². The second-order valence-corrected chi connectivity index (χ2v) is 7.26. The van der Waals surface area contributed by atoms with E-state index in [1.165, 1.54) is 38.5 Å². The molecule has 1 aliphatic rings. The number of rotatable bonds is 3. The molecular weight excluding hydrogens is 419 g/mol. The lowest BCUT2D eigenvalue weighted by atomic mass is 9.82. The summed E-state index contributed by atoms with van der Waals surface area (Å²) in [4.78, 5) is 16.6. The Balaban J connectivity index is 2.27. The Hall–Kier alpha value is 0.0900. The Bertz CT molecular complexity index is 493. The van der Waals surface area contributed by atoms with Gasteiger partial charge in [-0.25, -0.2) is 4.98 Å². The van der Waals surface area contributed by atoms with Crippen LogP contribution in [0.3, 0.4) is 0 Å². The number of hydrogen-bond donors (Lipinski definition) is 0. The minimum Gasteiger partial charge on any atom is -0.298 e. The predicted molar refractivity (Wildman–Crippen MR) is 89.9 cm³/mol. The van der Waals surface area contributed by atoms with Gasteiger partial charge in [0.25, 0.3) is 5.56 Å². The number of hydrogen-bond acceptors (Lipinski definition) is 2. The first-order chi connectivity index (χ1) is 9.08. The van der Waals surface area contributed by atoms with E-state index in [9.17, 15) is 4.79 Å². The van der Waals surface area contributed by atoms with Crippen molar-refractivity contribution in [2.45, 2.75) is 52.0 Å². The topological polar surface area (TPSA) is 34.9 Å². The van der Waals surface area contributed by atoms with Crippen molar-refractivity contribution >= 4 is 38.5 Å². The maximum absolute atomic E-state index is 12.3. The van der Waals surface area contributed by atoms with Crippen molar-refractivity contribution in [3.63, 3.8) is 0 Å². The highest BCUT2D eigenvalue weighted by Gasteiger charge is 2.30. The van der Waals surface area contributed by atoms with Crippen LogP contribution in [0, 0.1) is 15.9 Å². The summed E-state index contributed by atoms with van der Waals surface area (Å²) < 4.78 is 2.56. The Labute approximate surface area is 136 Å². The smallest absolute Gasteiger partial charge is 0.267 e. The Morgan fingerprint density at radius 2 is 2.00 bits per heavy atom. The molecule has 0 amide bonds. The molecule has 1 fully saturated rings. The van der Waals surface area contributed by atoms with Crippen LogP contribution in [0.4, 0.5) is 0 Å². The molecule has 0 N–H and O–H groups in total. The number of aryl methyl sites for hydroxylation is 1. The maximum atomic E-state index is 12.3. The fourth-order valence-electron chi connectivity index (χ4n) is 2.83. The lowest BCUT2D eigenvalue weighted by Gasteiger charge is -2.31. The zero-order valence-electron chi connectivity index (χ0n) is 11.3. The van der Waals surface area contributed by atoms with Crippen LogP contribution in [0.25, 0.3) is 0 Å². The quantitative estimate of drug-likeness (QED) is 0.407. The first-order valence-corrected chi connectivity index (χ1v) is 9.05. The van der Waals surface area contributed by atoms with Crippen molar-refractivity contribution in [2.75, 3.05) is 5.33 Å². The summed E-state index contributed by atoms with van der Waals surface area (Å²) in [5.74, 6) is 0. The van der Waals surface area contributed by atoms with Crippen molar-refractivity contribution in [1.29, 1.82) is 0 Å². The van der Waals surface area contributed by atoms with Crippen LogP contribution < -0.4 is 5.56 Å². The summed E-state index contributed by atoms with van der Waals surface area (Å²) in [7, 11) is 0. The Morgan fingerprint density at radius 1 is 1.37 bits per heavy atom. The summed E-state index contributed by atoms with van der Waals surface area (Å²) >= 11 is 5.79. The molecule has 0 aromatic carbocycles. The molecule has 0 aliphatic heterocycles. The molecule has 5 heteroatoms. The van der Waals surface area contributed by atoms with E-state index in [1.807, 2.05) is 6.92 Å². The highest BCUT2D eigenvalue weighted by molar-refractivity contribution is 14.1. The van der Waals surface area contributed by atoms with Gasteiger partial charge in [0, 0.05) is 11.9 Å². The van der Waals surface area contributed by atoms with Crippen LogP contribution in [0.5, 0.6) is 0 Å². The predicted octanol–water partition coefficient (Wildman–Crippen LogP) is 3.89. The van der Waals surface area contributed by atoms with Gasteiger partial charge in [-0.1, -0.05) is 41.6 Å². The Morgan fingerprint density at radius 3 is 2.58 bits per heavy atom. The highest BCUT2D eigenvalue weighted by Crippen LogP contribution is 2.37. The summed E-state index contributed by atoms with van der Waals surface area (Å²) in [5, 5.41) is 0.969. The third kappa shape index (κ3) is 3.60. The monoisotopic (exact) mass is 438 g/mol. The molecule has 0 atom stereocenters. The van der Waals surface area contributed by atoms with Crippen molar-refractivity contribution in [2.24, 2.45) is 5.41 Å². The average Bonchev–Trinajstić information content (AvgIpc) is 2.66. The largest absolute Gasteiger partial charge is 0.298 e. The van der Waals surface area contributed by atoms with Crippen LogP contribution >= 0.6 is 38.5 Å². The zero-order valence-corrected chi connectivity index (χ0v) is 15.0. The summed E-state index contributed by atoms with van der Waals surface area (Å²) in [5.41, 5.74) is 1.16. The SMILES string of the molecule is Cc1ncn(CC2(CBr)CCCCCC2)c(=O)c1I. The lowest BCUT2D eigenvalue weighted by Crippen LogP contribution is -2.35. The molecule has 19 heavy (non-hydrogen) atoms. The standard InChI is InChI=1S/C14H20BrIN2O/c1-11-12(16)13(19)18(10-17-11)9-14(8-15)6-4-2-3-5-7-14/h10H,2-9H2,1H3. The van der Waals surface area contributed by atoms with E-state index in [-0.39, 0.29) is 11.0 Å². The fraction of sp³-hybridized carbons (Fsp3) is 0.714. The molecule has 1 saturated carbocycles. The first kappa shape index (κ1) is 15.5. The zero-order chi connectivity index (χ0) is 13.9. The van der Waals surface area contributed by atoms with Crippen molar-refractivity contribution in [3.05, 3.63) is 25.9 Å². The molecule has 1 heterocycles. The molecule has 3 nitrogen and oxygen atoms in total. The fourth-order valence-corrected chi connectivity index (χ4v) is 4.02. The molecule has 0 bridgehead atoms. The van der Waals surface area contributed by atoms with E-state index < -0.39 is 0 Å². The van der Waals surface area contributed by atoms with Crippen LogP contribution in [0.15, 0.2) is 11.1 Å². The van der Waals surface area contributed by atoms with Crippen molar-refractivity contribution in [1.82, 2.24) is 9.55 Å². The first-order valence-electron chi connectivity index (χ1n) is 6.85. The number of alkyl halides is 1. The van der Waals surface area contributed by atoms with Gasteiger partial charge in [-0.15, -0.1) is 0 Å². The van der Waals surface area contributed by atoms with Crippen LogP contribution in [-0.2, 0) is 6.54 Å². The molecule has 2 rings (SSSR count). The van der Waals surface area contributed by atoms with Gasteiger partial charge >= 0.3 is 0 Å². The van der Waals surface area contributed by atoms with E-state index in [4.69, 9.17) is 0 Å². The van der Waals surface area contributed by atoms with Gasteiger partial charge in [0.15, 0.2) is 0 Å². The highest BCUT2D eigenvalue weighted by atomic mass is 127. The van der Waals surface area contributed by atoms with Crippen molar-refractivity contribution in [3.8, 4) is 0 Å². The second-order valence-electron chi connectivity index (χ2n) is 5.62. The lowest BCUT2D eigenvalue weighted by molar-refractivity contribution is 0.238. The molecule has 1 aromatic rings. The third-order valence-corrected chi connectivity index (χ3v) is 6.54. The minimum atomic E-state index is 0.109. The van der Waals surface area contributed by atoms with Gasteiger partial charge in [-0.3, -0.25) is 9.36 Å². The summed E-state index contributed by atoms with van der Waals surface area (Å²) in [6.07, 6.45) is 9.33. The second kappa shape index (κ2) is 6.70. The number of aromatic nitrogens is 2. The van der Waals surface area contributed by atoms with Gasteiger partial charge < -0.3 is 0 Å². The summed E-state index contributed by atoms with van der Waals surface area (Å²) in [6, 6.07) is 0. The van der Waals surface area contributed by atoms with Gasteiger partial charge in [0.1, 0.15) is 0 Å². The van der Waals surface area contributed by atoms with E-state index >= 15 is 0 Å². The van der Waals surface area contributed by atoms with Gasteiger partial charge in [0.05, 0.1) is 15.6 Å². The third-order valence-electron chi connectivity index (χ3n) is 4.11. The van der Waals surface area contributed by atoms with E-state index in [2.05, 4.69) is 43.5 Å². The molecule has 0 saturated heterocycles. The normalized spacial score (nSPS) is 19.1. The summed E-state index contributed by atoms with van der Waals surface area (Å²) in [6.45, 7) is 2.68. The minimum absolute atomic E-state index is 0.109. The molecule has 0 unspecified atom stereocenters. The molecule has 106 valence electrons. The van der Waals surface area contributed by atoms with Crippen LogP contribution in [0.1, 0.15) is 44.2 Å². The van der Waals surface area contributed by atoms with Crippen LogP contribution in [-0.4, -0.2) is 14.9 Å². The molecule has 1 aromatic heterocycles. The molecule has 1 aliphatic carbocycles. The van der Waals surface area contributed by atoms with Crippen LogP contribution in [0.2, 0.25) is 0 Å². The molecule has 0 spiro atoms. The van der Waals surface area contributed by atoms with Gasteiger partial charge in [0.2, 0.25) is 0 Å². The maximum Gasteiger partial charge on any atom is 0.267 e. The Kier molecular flexibility index (Phi) is 5.45. The average molecular weight is 439 g/mol. The van der Waals surface area contributed by atoms with Gasteiger partial charge in [-0.05, 0) is 47.8 Å². The molecular formula is C14H20BrIN2O. The van der Waals surface area contributed by atoms with E-state index in [1.54, 1.807) is 10.9 Å². The number of nitrogens with zero attached hydrogens (tertiary/aromatic N) is 2. The number of halogens is 2. The molecule has 0 radical (unpaired) electrons. The van der Waals surface area contributed by atoms with Gasteiger partial charge in [-0.2, -0.15) is 0 Å².